The van der Waals surface area contributed by atoms with Crippen molar-refractivity contribution in [1.29, 1.82) is 0 Å². The van der Waals surface area contributed by atoms with Gasteiger partial charge in [-0.15, -0.1) is 0 Å². The third kappa shape index (κ3) is 2.64. The highest BCUT2D eigenvalue weighted by Crippen LogP contribution is 2.29. The van der Waals surface area contributed by atoms with Gasteiger partial charge in [-0.25, -0.2) is 0 Å². The molecule has 5 heteroatoms. The predicted octanol–water partition coefficient (Wildman–Crippen LogP) is 2.97. The minimum absolute atomic E-state index is 0.805. The van der Waals surface area contributed by atoms with Crippen molar-refractivity contribution in [3.05, 3.63) is 35.2 Å². The van der Waals surface area contributed by atoms with E-state index in [0.717, 1.165) is 42.0 Å². The number of aromatic nitrogens is 3. The molecular formula is C16H20ClN4+. The van der Waals surface area contributed by atoms with E-state index in [-0.39, 0.29) is 0 Å². The fourth-order valence-electron chi connectivity index (χ4n) is 2.90. The quantitative estimate of drug-likeness (QED) is 0.881. The van der Waals surface area contributed by atoms with Crippen molar-refractivity contribution >= 4 is 17.3 Å². The van der Waals surface area contributed by atoms with E-state index < -0.39 is 0 Å². The monoisotopic (exact) mass is 303 g/mol. The molecule has 2 aromatic rings. The van der Waals surface area contributed by atoms with Gasteiger partial charge in [0.25, 0.3) is 0 Å². The largest absolute Gasteiger partial charge is 0.382 e. The second kappa shape index (κ2) is 5.34. The molecule has 1 fully saturated rings. The molecule has 0 atom stereocenters. The van der Waals surface area contributed by atoms with Gasteiger partial charge in [-0.05, 0) is 50.2 Å². The van der Waals surface area contributed by atoms with E-state index in [1.165, 1.54) is 31.4 Å². The lowest BCUT2D eigenvalue weighted by Gasteiger charge is -2.08. The first-order valence-electron chi connectivity index (χ1n) is 7.82. The Kier molecular flexibility index (Phi) is 3.34. The Labute approximate surface area is 129 Å². The van der Waals surface area contributed by atoms with Crippen LogP contribution in [0, 0.1) is 5.92 Å². The molecular weight excluding hydrogens is 284 g/mol. The molecule has 0 amide bonds. The second-order valence-corrected chi connectivity index (χ2v) is 6.47. The van der Waals surface area contributed by atoms with Crippen LogP contribution in [-0.4, -0.2) is 16.3 Å². The number of pyridine rings is 1. The van der Waals surface area contributed by atoms with Gasteiger partial charge in [-0.1, -0.05) is 11.6 Å². The summed E-state index contributed by atoms with van der Waals surface area (Å²) in [5.41, 5.74) is 2.31. The summed E-state index contributed by atoms with van der Waals surface area (Å²) in [6.07, 6.45) is 10.3. The molecule has 0 saturated heterocycles. The third-order valence-corrected chi connectivity index (χ3v) is 4.73. The first-order chi connectivity index (χ1) is 10.3. The summed E-state index contributed by atoms with van der Waals surface area (Å²) in [7, 11) is 0. The smallest absolute Gasteiger partial charge is 0.373 e. The molecule has 0 aromatic carbocycles. The van der Waals surface area contributed by atoms with Gasteiger partial charge in [0, 0.05) is 6.54 Å². The number of nitrogens with zero attached hydrogens (tertiary/aromatic N) is 3. The zero-order valence-corrected chi connectivity index (χ0v) is 12.8. The first kappa shape index (κ1) is 13.1. The normalized spacial score (nSPS) is 17.6. The Bertz CT molecular complexity index is 660. The van der Waals surface area contributed by atoms with Crippen molar-refractivity contribution in [2.75, 3.05) is 11.9 Å². The lowest BCUT2D eigenvalue weighted by molar-refractivity contribution is -0.598. The number of aryl methyl sites for hydroxylation is 1. The van der Waals surface area contributed by atoms with Crippen LogP contribution >= 0.6 is 11.6 Å². The van der Waals surface area contributed by atoms with Gasteiger partial charge in [-0.2, -0.15) is 9.25 Å². The van der Waals surface area contributed by atoms with E-state index in [1.807, 2.05) is 16.8 Å². The van der Waals surface area contributed by atoms with Gasteiger partial charge in [0.2, 0.25) is 0 Å². The number of hydrogen-bond acceptors (Lipinski definition) is 2. The Hall–Kier alpha value is -1.55. The molecule has 1 aliphatic heterocycles. The molecule has 4 rings (SSSR count). The average Bonchev–Trinajstić information content (AvgIpc) is 3.29. The SMILES string of the molecule is Clc1c(-[n+]2cccc(NCC3CC3)c2)nn2c1CCCC2. The zero-order valence-electron chi connectivity index (χ0n) is 12.1. The lowest BCUT2D eigenvalue weighted by Crippen LogP contribution is -2.31. The molecule has 3 heterocycles. The summed E-state index contributed by atoms with van der Waals surface area (Å²) in [4.78, 5) is 0. The van der Waals surface area contributed by atoms with Gasteiger partial charge < -0.3 is 5.32 Å². The third-order valence-electron chi connectivity index (χ3n) is 4.35. The highest BCUT2D eigenvalue weighted by atomic mass is 35.5. The van der Waals surface area contributed by atoms with E-state index >= 15 is 0 Å². The highest BCUT2D eigenvalue weighted by molar-refractivity contribution is 6.32. The van der Waals surface area contributed by atoms with E-state index in [1.54, 1.807) is 0 Å². The first-order valence-corrected chi connectivity index (χ1v) is 8.20. The van der Waals surface area contributed by atoms with Gasteiger partial charge >= 0.3 is 5.82 Å². The van der Waals surface area contributed by atoms with Crippen LogP contribution in [-0.2, 0) is 13.0 Å². The molecule has 1 N–H and O–H groups in total. The van der Waals surface area contributed by atoms with E-state index in [0.29, 0.717) is 0 Å². The molecule has 2 aliphatic rings. The van der Waals surface area contributed by atoms with Gasteiger partial charge in [-0.3, -0.25) is 0 Å². The maximum Gasteiger partial charge on any atom is 0.373 e. The van der Waals surface area contributed by atoms with Crippen molar-refractivity contribution in [3.63, 3.8) is 0 Å². The van der Waals surface area contributed by atoms with Crippen LogP contribution in [0.5, 0.6) is 0 Å². The van der Waals surface area contributed by atoms with Crippen molar-refractivity contribution in [2.45, 2.75) is 38.6 Å². The van der Waals surface area contributed by atoms with Crippen LogP contribution < -0.4 is 9.88 Å². The fraction of sp³-hybridized carbons (Fsp3) is 0.500. The summed E-state index contributed by atoms with van der Waals surface area (Å²) in [6, 6.07) is 4.15. The molecule has 110 valence electrons. The Morgan fingerprint density at radius 2 is 2.29 bits per heavy atom. The van der Waals surface area contributed by atoms with Crippen LogP contribution in [0.15, 0.2) is 24.5 Å². The average molecular weight is 304 g/mol. The molecule has 0 unspecified atom stereocenters. The molecule has 1 saturated carbocycles. The second-order valence-electron chi connectivity index (χ2n) is 6.09. The number of fused-ring (bicyclic) bond motifs is 1. The topological polar surface area (TPSA) is 33.7 Å². The van der Waals surface area contributed by atoms with Crippen LogP contribution in [0.3, 0.4) is 0 Å². The summed E-state index contributed by atoms with van der Waals surface area (Å²) in [5.74, 6) is 1.71. The summed E-state index contributed by atoms with van der Waals surface area (Å²) in [5, 5.41) is 8.99. The van der Waals surface area contributed by atoms with Crippen LogP contribution in [0.4, 0.5) is 5.69 Å². The number of halogens is 1. The maximum absolute atomic E-state index is 6.54. The van der Waals surface area contributed by atoms with Crippen molar-refractivity contribution < 1.29 is 4.57 Å². The predicted molar refractivity (Wildman–Crippen MR) is 82.9 cm³/mol. The molecule has 0 radical (unpaired) electrons. The minimum Gasteiger partial charge on any atom is -0.382 e. The minimum atomic E-state index is 0.805. The Morgan fingerprint density at radius 3 is 3.10 bits per heavy atom. The number of rotatable bonds is 4. The Balaban J connectivity index is 1.63. The molecule has 2 aromatic heterocycles. The lowest BCUT2D eigenvalue weighted by atomic mass is 10.1. The van der Waals surface area contributed by atoms with E-state index in [2.05, 4.69) is 27.4 Å². The fourth-order valence-corrected chi connectivity index (χ4v) is 3.23. The van der Waals surface area contributed by atoms with Crippen molar-refractivity contribution in [3.8, 4) is 5.82 Å². The highest BCUT2D eigenvalue weighted by Gasteiger charge is 2.27. The van der Waals surface area contributed by atoms with Crippen molar-refractivity contribution in [1.82, 2.24) is 9.78 Å². The van der Waals surface area contributed by atoms with Crippen molar-refractivity contribution in [2.24, 2.45) is 5.92 Å². The van der Waals surface area contributed by atoms with Gasteiger partial charge in [0.05, 0.1) is 29.2 Å². The van der Waals surface area contributed by atoms with Crippen LogP contribution in [0.25, 0.3) is 5.82 Å². The zero-order chi connectivity index (χ0) is 14.2. The van der Waals surface area contributed by atoms with Gasteiger partial charge in [0.15, 0.2) is 5.02 Å². The molecule has 0 spiro atoms. The maximum atomic E-state index is 6.54. The number of nitrogens with one attached hydrogen (secondary N) is 1. The molecule has 21 heavy (non-hydrogen) atoms. The molecule has 4 nitrogen and oxygen atoms in total. The molecule has 1 aliphatic carbocycles. The summed E-state index contributed by atoms with van der Waals surface area (Å²) >= 11 is 6.54. The number of hydrogen-bond donors (Lipinski definition) is 1. The van der Waals surface area contributed by atoms with E-state index in [9.17, 15) is 0 Å². The summed E-state index contributed by atoms with van der Waals surface area (Å²) in [6.45, 7) is 2.05. The van der Waals surface area contributed by atoms with E-state index in [4.69, 9.17) is 11.6 Å². The molecule has 0 bridgehead atoms. The van der Waals surface area contributed by atoms with Crippen LogP contribution in [0.2, 0.25) is 5.02 Å². The van der Waals surface area contributed by atoms with Crippen LogP contribution in [0.1, 0.15) is 31.4 Å². The summed E-state index contributed by atoms with van der Waals surface area (Å²) < 4.78 is 4.10. The Morgan fingerprint density at radius 1 is 1.38 bits per heavy atom. The van der Waals surface area contributed by atoms with Gasteiger partial charge in [0.1, 0.15) is 6.20 Å². The standard InChI is InChI=1S/C16H20ClN4/c17-15-14-5-1-2-9-21(14)19-16(15)20-8-3-4-13(11-20)18-10-12-6-7-12/h3-4,8,11-12,18H,1-2,5-7,9-10H2/q+1. The number of anilines is 1.